The van der Waals surface area contributed by atoms with E-state index < -0.39 is 0 Å². The van der Waals surface area contributed by atoms with E-state index in [4.69, 9.17) is 4.74 Å². The largest absolute Gasteiger partial charge is 0.489 e. The molecule has 6 nitrogen and oxygen atoms in total. The number of benzene rings is 2. The molecule has 1 N–H and O–H groups in total. The lowest BCUT2D eigenvalue weighted by Gasteiger charge is -2.38. The number of aromatic nitrogens is 3. The quantitative estimate of drug-likeness (QED) is 0.552. The number of anilines is 1. The maximum Gasteiger partial charge on any atom is 0.226 e. The van der Waals surface area contributed by atoms with E-state index in [1.165, 1.54) is 6.33 Å². The summed E-state index contributed by atoms with van der Waals surface area (Å²) in [7, 11) is 0. The predicted molar refractivity (Wildman–Crippen MR) is 122 cm³/mol. The van der Waals surface area contributed by atoms with Gasteiger partial charge in [-0.1, -0.05) is 60.1 Å². The summed E-state index contributed by atoms with van der Waals surface area (Å²) < 4.78 is 8.94. The molecule has 0 fully saturated rings. The van der Waals surface area contributed by atoms with Gasteiger partial charge in [-0.2, -0.15) is 10.1 Å². The molecular weight excluding hydrogens is 456 g/mol. The van der Waals surface area contributed by atoms with Gasteiger partial charge < -0.3 is 10.1 Å². The second kappa shape index (κ2) is 7.64. The highest BCUT2D eigenvalue weighted by atomic mass is 79.9. The molecule has 2 aromatic carbocycles. The minimum atomic E-state index is -0.388. The van der Waals surface area contributed by atoms with Crippen molar-refractivity contribution in [2.45, 2.75) is 39.3 Å². The second-order valence-corrected chi connectivity index (χ2v) is 9.76. The average molecular weight is 479 g/mol. The van der Waals surface area contributed by atoms with Gasteiger partial charge in [0.25, 0.3) is 0 Å². The van der Waals surface area contributed by atoms with Crippen molar-refractivity contribution >= 4 is 27.7 Å². The first-order valence-corrected chi connectivity index (χ1v) is 11.1. The van der Waals surface area contributed by atoms with E-state index in [0.717, 1.165) is 39.0 Å². The summed E-state index contributed by atoms with van der Waals surface area (Å²) in [5, 5.41) is 7.80. The molecule has 0 bridgehead atoms. The van der Waals surface area contributed by atoms with Crippen LogP contribution >= 0.6 is 15.9 Å². The number of hydrogen-bond donors (Lipinski definition) is 1. The lowest BCUT2D eigenvalue weighted by molar-refractivity contribution is -0.118. The van der Waals surface area contributed by atoms with Gasteiger partial charge in [-0.3, -0.25) is 4.79 Å². The summed E-state index contributed by atoms with van der Waals surface area (Å²) in [5.41, 5.74) is 3.55. The second-order valence-electron chi connectivity index (χ2n) is 8.85. The van der Waals surface area contributed by atoms with Crippen LogP contribution in [-0.2, 0) is 11.4 Å². The summed E-state index contributed by atoms with van der Waals surface area (Å²) >= 11 is 3.59. The predicted octanol–water partition coefficient (Wildman–Crippen LogP) is 5.28. The highest BCUT2D eigenvalue weighted by molar-refractivity contribution is 9.10. The van der Waals surface area contributed by atoms with Gasteiger partial charge in [0.1, 0.15) is 24.7 Å². The van der Waals surface area contributed by atoms with Gasteiger partial charge in [-0.15, -0.1) is 0 Å². The molecule has 158 valence electrons. The minimum Gasteiger partial charge on any atom is -0.489 e. The van der Waals surface area contributed by atoms with Gasteiger partial charge in [0.15, 0.2) is 5.78 Å². The van der Waals surface area contributed by atoms with Crippen molar-refractivity contribution in [3.8, 4) is 5.75 Å². The lowest BCUT2D eigenvalue weighted by atomic mass is 9.73. The zero-order chi connectivity index (χ0) is 21.6. The number of ketones is 1. The molecule has 1 aliphatic carbocycles. The Kier molecular flexibility index (Phi) is 4.93. The number of allylic oxidation sites excluding steroid dienone is 2. The molecule has 0 radical (unpaired) electrons. The fourth-order valence-corrected chi connectivity index (χ4v) is 4.82. The molecular formula is C24H23BrN4O2. The van der Waals surface area contributed by atoms with E-state index in [1.54, 1.807) is 4.68 Å². The first-order chi connectivity index (χ1) is 14.9. The Morgan fingerprint density at radius 3 is 2.81 bits per heavy atom. The SMILES string of the molecule is CC1(C)CC(=O)C2=C(C1)Nc1ncnn1[C@H]2c1cc(Br)ccc1OCc1ccccc1. The molecule has 2 aliphatic rings. The minimum absolute atomic E-state index is 0.0977. The van der Waals surface area contributed by atoms with Crippen LogP contribution < -0.4 is 10.1 Å². The molecule has 1 atom stereocenters. The number of fused-ring (bicyclic) bond motifs is 1. The zero-order valence-electron chi connectivity index (χ0n) is 17.4. The summed E-state index contributed by atoms with van der Waals surface area (Å²) in [6, 6.07) is 15.6. The van der Waals surface area contributed by atoms with Gasteiger partial charge in [0.2, 0.25) is 5.95 Å². The number of carbonyl (C=O) groups excluding carboxylic acids is 1. The molecule has 5 rings (SSSR count). The van der Waals surface area contributed by atoms with Crippen LogP contribution in [0.4, 0.5) is 5.95 Å². The Balaban J connectivity index is 1.61. The van der Waals surface area contributed by atoms with Crippen LogP contribution in [0.15, 0.2) is 70.6 Å². The van der Waals surface area contributed by atoms with Crippen molar-refractivity contribution in [3.05, 3.63) is 81.7 Å². The number of rotatable bonds is 4. The average Bonchev–Trinajstić information content (AvgIpc) is 3.19. The van der Waals surface area contributed by atoms with E-state index in [9.17, 15) is 4.79 Å². The van der Waals surface area contributed by atoms with Crippen molar-refractivity contribution in [1.82, 2.24) is 14.8 Å². The summed E-state index contributed by atoms with van der Waals surface area (Å²) in [5.74, 6) is 1.51. The summed E-state index contributed by atoms with van der Waals surface area (Å²) in [4.78, 5) is 17.7. The third-order valence-corrected chi connectivity index (χ3v) is 6.27. The van der Waals surface area contributed by atoms with Gasteiger partial charge in [-0.25, -0.2) is 4.68 Å². The summed E-state index contributed by atoms with van der Waals surface area (Å²) in [6.45, 7) is 4.69. The molecule has 0 amide bonds. The van der Waals surface area contributed by atoms with Crippen molar-refractivity contribution in [3.63, 3.8) is 0 Å². The standard InChI is InChI=1S/C24H23BrN4O2/c1-24(2)11-18-21(19(30)12-24)22(29-23(28-18)26-14-27-29)17-10-16(25)8-9-20(17)31-13-15-6-4-3-5-7-15/h3-10,14,22H,11-13H2,1-2H3,(H,26,27,28)/t22-/m0/s1. The molecule has 0 spiro atoms. The molecule has 1 aromatic heterocycles. The van der Waals surface area contributed by atoms with Crippen LogP contribution in [0.3, 0.4) is 0 Å². The Hall–Kier alpha value is -2.93. The molecule has 3 aromatic rings. The maximum absolute atomic E-state index is 13.3. The molecule has 7 heteroatoms. The fourth-order valence-electron chi connectivity index (χ4n) is 4.44. The summed E-state index contributed by atoms with van der Waals surface area (Å²) in [6.07, 6.45) is 2.81. The number of carbonyl (C=O) groups is 1. The highest BCUT2D eigenvalue weighted by Gasteiger charge is 2.42. The van der Waals surface area contributed by atoms with Gasteiger partial charge in [-0.05, 0) is 35.6 Å². The topological polar surface area (TPSA) is 69.0 Å². The number of hydrogen-bond acceptors (Lipinski definition) is 5. The Labute approximate surface area is 189 Å². The molecule has 0 saturated carbocycles. The van der Waals surface area contributed by atoms with E-state index in [1.807, 2.05) is 48.5 Å². The van der Waals surface area contributed by atoms with Crippen LogP contribution in [-0.4, -0.2) is 20.5 Å². The smallest absolute Gasteiger partial charge is 0.226 e. The first-order valence-electron chi connectivity index (χ1n) is 10.3. The van der Waals surface area contributed by atoms with Crippen LogP contribution in [0.1, 0.15) is 43.9 Å². The third kappa shape index (κ3) is 3.78. The molecule has 0 unspecified atom stereocenters. The van der Waals surface area contributed by atoms with Crippen molar-refractivity contribution < 1.29 is 9.53 Å². The van der Waals surface area contributed by atoms with Crippen LogP contribution in [0, 0.1) is 5.41 Å². The molecule has 31 heavy (non-hydrogen) atoms. The fraction of sp³-hybridized carbons (Fsp3) is 0.292. The Morgan fingerprint density at radius 2 is 2.00 bits per heavy atom. The normalized spacial score (nSPS) is 19.5. The number of Topliss-reactive ketones (excluding diaryl/α,β-unsaturated/α-hetero) is 1. The van der Waals surface area contributed by atoms with E-state index in [0.29, 0.717) is 19.0 Å². The number of nitrogens with zero attached hydrogens (tertiary/aromatic N) is 3. The first kappa shape index (κ1) is 20.0. The van der Waals surface area contributed by atoms with Crippen LogP contribution in [0.2, 0.25) is 0 Å². The van der Waals surface area contributed by atoms with Crippen molar-refractivity contribution in [1.29, 1.82) is 0 Å². The Bertz CT molecular complexity index is 1180. The van der Waals surface area contributed by atoms with Gasteiger partial charge in [0, 0.05) is 27.7 Å². The monoisotopic (exact) mass is 478 g/mol. The van der Waals surface area contributed by atoms with E-state index >= 15 is 0 Å². The lowest BCUT2D eigenvalue weighted by Crippen LogP contribution is -2.36. The molecule has 2 heterocycles. The number of nitrogens with one attached hydrogen (secondary N) is 1. The van der Waals surface area contributed by atoms with E-state index in [2.05, 4.69) is 45.2 Å². The number of ether oxygens (including phenoxy) is 1. The molecule has 1 aliphatic heterocycles. The van der Waals surface area contributed by atoms with Gasteiger partial charge in [0.05, 0.1) is 0 Å². The van der Waals surface area contributed by atoms with E-state index in [-0.39, 0.29) is 17.2 Å². The Morgan fingerprint density at radius 1 is 1.19 bits per heavy atom. The third-order valence-electron chi connectivity index (χ3n) is 5.78. The van der Waals surface area contributed by atoms with Gasteiger partial charge >= 0.3 is 0 Å². The van der Waals surface area contributed by atoms with Crippen molar-refractivity contribution in [2.75, 3.05) is 5.32 Å². The zero-order valence-corrected chi connectivity index (χ0v) is 19.0. The maximum atomic E-state index is 13.3. The number of halogens is 1. The van der Waals surface area contributed by atoms with Crippen molar-refractivity contribution in [2.24, 2.45) is 5.41 Å². The van der Waals surface area contributed by atoms with Crippen LogP contribution in [0.25, 0.3) is 0 Å². The highest BCUT2D eigenvalue weighted by Crippen LogP contribution is 2.47. The molecule has 0 saturated heterocycles. The van der Waals surface area contributed by atoms with Crippen LogP contribution in [0.5, 0.6) is 5.75 Å².